The van der Waals surface area contributed by atoms with Crippen molar-refractivity contribution in [2.75, 3.05) is 13.6 Å². The summed E-state index contributed by atoms with van der Waals surface area (Å²) in [5.74, 6) is -1.46. The fraction of sp³-hybridized carbons (Fsp3) is 0.818. The lowest BCUT2D eigenvalue weighted by atomic mass is 10.2. The van der Waals surface area contributed by atoms with Gasteiger partial charge in [0, 0.05) is 32.2 Å². The van der Waals surface area contributed by atoms with Gasteiger partial charge in [0.25, 0.3) is 6.29 Å². The Morgan fingerprint density at radius 2 is 1.95 bits per heavy atom. The molecule has 19 heavy (non-hydrogen) atoms. The van der Waals surface area contributed by atoms with E-state index in [2.05, 4.69) is 10.5 Å². The third kappa shape index (κ3) is 9.81. The van der Waals surface area contributed by atoms with Gasteiger partial charge < -0.3 is 14.7 Å². The number of rotatable bonds is 9. The number of carbonyl (C=O) groups is 2. The molecule has 0 aromatic carbocycles. The Morgan fingerprint density at radius 3 is 2.47 bits per heavy atom. The zero-order chi connectivity index (χ0) is 14.8. The van der Waals surface area contributed by atoms with Crippen LogP contribution in [0.5, 0.6) is 0 Å². The van der Waals surface area contributed by atoms with Crippen molar-refractivity contribution in [3.8, 4) is 0 Å². The summed E-state index contributed by atoms with van der Waals surface area (Å²) < 4.78 is 4.90. The molecule has 0 radical (unpaired) electrons. The molecule has 0 aliphatic heterocycles. The van der Waals surface area contributed by atoms with Gasteiger partial charge >= 0.3 is 11.9 Å². The summed E-state index contributed by atoms with van der Waals surface area (Å²) in [6.07, 6.45) is -0.280. The summed E-state index contributed by atoms with van der Waals surface area (Å²) >= 11 is 0. The molecule has 8 heteroatoms. The largest absolute Gasteiger partial charge is 0.481 e. The molecule has 0 spiro atoms. The molecular formula is C11H21N3O5. The summed E-state index contributed by atoms with van der Waals surface area (Å²) in [5.41, 5.74) is 0. The Morgan fingerprint density at radius 1 is 1.32 bits per heavy atom. The zero-order valence-corrected chi connectivity index (χ0v) is 11.7. The molecule has 0 aliphatic carbocycles. The Kier molecular flexibility index (Phi) is 8.23. The van der Waals surface area contributed by atoms with Crippen LogP contribution >= 0.6 is 0 Å². The fourth-order valence-electron chi connectivity index (χ4n) is 0.975. The SMILES string of the molecule is CC(O/N=N\N(C)CCCC(=O)O)OC(=O)C(C)C. The monoisotopic (exact) mass is 275 g/mol. The van der Waals surface area contributed by atoms with Crippen molar-refractivity contribution in [1.29, 1.82) is 0 Å². The molecule has 0 saturated heterocycles. The number of nitrogens with zero attached hydrogens (tertiary/aromatic N) is 3. The highest BCUT2D eigenvalue weighted by Crippen LogP contribution is 2.03. The highest BCUT2D eigenvalue weighted by Gasteiger charge is 2.13. The minimum Gasteiger partial charge on any atom is -0.481 e. The third-order valence-corrected chi connectivity index (χ3v) is 2.01. The molecule has 1 N–H and O–H groups in total. The van der Waals surface area contributed by atoms with Crippen LogP contribution in [-0.2, 0) is 19.2 Å². The number of esters is 1. The van der Waals surface area contributed by atoms with Crippen molar-refractivity contribution in [1.82, 2.24) is 5.01 Å². The first-order chi connectivity index (χ1) is 8.82. The highest BCUT2D eigenvalue weighted by atomic mass is 16.8. The van der Waals surface area contributed by atoms with Gasteiger partial charge in [-0.2, -0.15) is 0 Å². The maximum Gasteiger partial charge on any atom is 0.311 e. The van der Waals surface area contributed by atoms with Crippen molar-refractivity contribution in [2.24, 2.45) is 16.4 Å². The van der Waals surface area contributed by atoms with Gasteiger partial charge in [-0.25, -0.2) is 0 Å². The molecular weight excluding hydrogens is 254 g/mol. The molecule has 0 aliphatic rings. The molecule has 1 unspecified atom stereocenters. The fourth-order valence-corrected chi connectivity index (χ4v) is 0.975. The maximum atomic E-state index is 11.2. The van der Waals surface area contributed by atoms with Crippen LogP contribution in [0, 0.1) is 5.92 Å². The third-order valence-electron chi connectivity index (χ3n) is 2.01. The van der Waals surface area contributed by atoms with Crippen LogP contribution in [-0.4, -0.2) is 41.9 Å². The van der Waals surface area contributed by atoms with Gasteiger partial charge in [0.1, 0.15) is 0 Å². The van der Waals surface area contributed by atoms with Crippen LogP contribution in [0.25, 0.3) is 0 Å². The molecule has 0 aromatic heterocycles. The first-order valence-electron chi connectivity index (χ1n) is 6.03. The van der Waals surface area contributed by atoms with Crippen molar-refractivity contribution < 1.29 is 24.3 Å². The van der Waals surface area contributed by atoms with Gasteiger partial charge in [-0.15, -0.1) is 0 Å². The van der Waals surface area contributed by atoms with Crippen LogP contribution < -0.4 is 0 Å². The van der Waals surface area contributed by atoms with Gasteiger partial charge in [0.05, 0.1) is 5.92 Å². The van der Waals surface area contributed by atoms with E-state index >= 15 is 0 Å². The number of aliphatic carboxylic acids is 1. The molecule has 8 nitrogen and oxygen atoms in total. The molecule has 0 bridgehead atoms. The zero-order valence-electron chi connectivity index (χ0n) is 11.7. The van der Waals surface area contributed by atoms with E-state index < -0.39 is 12.3 Å². The Hall–Kier alpha value is -1.86. The summed E-state index contributed by atoms with van der Waals surface area (Å²) in [5, 5.41) is 17.0. The lowest BCUT2D eigenvalue weighted by molar-refractivity contribution is -0.181. The minimum absolute atomic E-state index is 0.0725. The second kappa shape index (κ2) is 9.12. The standard InChI is InChI=1S/C11H21N3O5/c1-8(2)11(17)18-9(3)19-13-12-14(4)7-5-6-10(15)16/h8-9H,5-7H2,1-4H3,(H,15,16)/b13-12-. The average molecular weight is 275 g/mol. The molecule has 0 saturated carbocycles. The smallest absolute Gasteiger partial charge is 0.311 e. The van der Waals surface area contributed by atoms with Crippen LogP contribution in [0.2, 0.25) is 0 Å². The highest BCUT2D eigenvalue weighted by molar-refractivity contribution is 5.71. The molecule has 110 valence electrons. The van der Waals surface area contributed by atoms with Crippen molar-refractivity contribution in [3.63, 3.8) is 0 Å². The number of hydrogen-bond acceptors (Lipinski definition) is 6. The summed E-state index contributed by atoms with van der Waals surface area (Å²) in [6.45, 7) is 5.41. The quantitative estimate of drug-likeness (QED) is 0.297. The number of ether oxygens (including phenoxy) is 1. The van der Waals surface area contributed by atoms with Crippen LogP contribution in [0.15, 0.2) is 10.5 Å². The normalized spacial score (nSPS) is 12.5. The molecule has 1 atom stereocenters. The molecule has 0 rings (SSSR count). The Labute approximate surface area is 112 Å². The summed E-state index contributed by atoms with van der Waals surface area (Å²) in [6, 6.07) is 0. The second-order valence-electron chi connectivity index (χ2n) is 4.31. The predicted molar refractivity (Wildman–Crippen MR) is 65.8 cm³/mol. The van der Waals surface area contributed by atoms with E-state index in [4.69, 9.17) is 14.7 Å². The van der Waals surface area contributed by atoms with E-state index in [1.54, 1.807) is 20.9 Å². The Balaban J connectivity index is 3.81. The molecule has 0 aromatic rings. The lowest BCUT2D eigenvalue weighted by Gasteiger charge is -2.13. The van der Waals surface area contributed by atoms with E-state index in [9.17, 15) is 9.59 Å². The average Bonchev–Trinajstić information content (AvgIpc) is 2.28. The Bertz CT molecular complexity index is 319. The van der Waals surface area contributed by atoms with Crippen molar-refractivity contribution in [3.05, 3.63) is 0 Å². The second-order valence-corrected chi connectivity index (χ2v) is 4.31. The minimum atomic E-state index is -0.851. The molecule has 0 amide bonds. The summed E-state index contributed by atoms with van der Waals surface area (Å²) in [4.78, 5) is 26.3. The van der Waals surface area contributed by atoms with E-state index in [1.807, 2.05) is 0 Å². The van der Waals surface area contributed by atoms with Crippen molar-refractivity contribution in [2.45, 2.75) is 39.9 Å². The molecule has 0 fully saturated rings. The number of carboxylic acid groups (broad SMARTS) is 1. The summed E-state index contributed by atoms with van der Waals surface area (Å²) in [7, 11) is 1.64. The number of carbonyl (C=O) groups excluding carboxylic acids is 1. The lowest BCUT2D eigenvalue weighted by Crippen LogP contribution is -2.20. The number of carboxylic acids is 1. The van der Waals surface area contributed by atoms with E-state index in [0.717, 1.165) is 0 Å². The first kappa shape index (κ1) is 17.1. The van der Waals surface area contributed by atoms with Gasteiger partial charge in [-0.3, -0.25) is 14.6 Å². The first-order valence-corrected chi connectivity index (χ1v) is 6.03. The van der Waals surface area contributed by atoms with Crippen molar-refractivity contribution >= 4 is 11.9 Å². The topological polar surface area (TPSA) is 101 Å². The van der Waals surface area contributed by atoms with Gasteiger partial charge in [-0.05, 0) is 11.6 Å². The van der Waals surface area contributed by atoms with E-state index in [0.29, 0.717) is 13.0 Å². The maximum absolute atomic E-state index is 11.2. The predicted octanol–water partition coefficient (Wildman–Crippen LogP) is 1.63. The van der Waals surface area contributed by atoms with E-state index in [-0.39, 0.29) is 18.3 Å². The van der Waals surface area contributed by atoms with E-state index in [1.165, 1.54) is 11.9 Å². The molecule has 0 heterocycles. The van der Waals surface area contributed by atoms with Gasteiger partial charge in [0.2, 0.25) is 0 Å². The van der Waals surface area contributed by atoms with Crippen LogP contribution in [0.1, 0.15) is 33.6 Å². The van der Waals surface area contributed by atoms with Crippen LogP contribution in [0.3, 0.4) is 0 Å². The van der Waals surface area contributed by atoms with Gasteiger partial charge in [-0.1, -0.05) is 13.8 Å². The number of hydrogen-bond donors (Lipinski definition) is 1. The van der Waals surface area contributed by atoms with Gasteiger partial charge in [0.15, 0.2) is 0 Å². The van der Waals surface area contributed by atoms with Crippen LogP contribution in [0.4, 0.5) is 0 Å².